The Morgan fingerprint density at radius 1 is 0.760 bits per heavy atom. The molecule has 2 unspecified atom stereocenters. The van der Waals surface area contributed by atoms with Gasteiger partial charge in [-0.15, -0.1) is 0 Å². The number of nitrogens with zero attached hydrogens (tertiary/aromatic N) is 2. The molecule has 3 heterocycles. The molecule has 1 aromatic rings. The molecule has 3 fully saturated rings. The summed E-state index contributed by atoms with van der Waals surface area (Å²) >= 11 is 0. The summed E-state index contributed by atoms with van der Waals surface area (Å²) in [6, 6.07) is -4.00. The van der Waals surface area contributed by atoms with Gasteiger partial charge in [-0.1, -0.05) is 91.2 Å². The van der Waals surface area contributed by atoms with Crippen LogP contribution in [-0.2, 0) is 40.0 Å². The minimum absolute atomic E-state index is 0.148. The van der Waals surface area contributed by atoms with Gasteiger partial charge in [-0.25, -0.2) is 0 Å². The third-order valence-corrected chi connectivity index (χ3v) is 14.8. The van der Waals surface area contributed by atoms with Gasteiger partial charge < -0.3 is 88.1 Å². The van der Waals surface area contributed by atoms with Crippen molar-refractivity contribution >= 4 is 41.4 Å². The molecule has 0 spiro atoms. The first-order chi connectivity index (χ1) is 35.3. The molecule has 24 nitrogen and oxygen atoms in total. The van der Waals surface area contributed by atoms with Crippen LogP contribution < -0.4 is 32.3 Å². The van der Waals surface area contributed by atoms with Crippen LogP contribution in [-0.4, -0.2) is 196 Å². The number of primary amides is 1. The molecule has 3 aliphatic rings. The van der Waals surface area contributed by atoms with Crippen molar-refractivity contribution < 1.29 is 79.5 Å². The molecule has 0 aliphatic carbocycles. The molecular weight excluding hydrogens is 981 g/mol. The number of carbonyl (C=O) groups excluding carboxylic acids is 7. The average Bonchev–Trinajstić information content (AvgIpc) is 3.86. The summed E-state index contributed by atoms with van der Waals surface area (Å²) in [6.45, 7) is 8.29. The number of fused-ring (bicyclic) bond motifs is 2. The van der Waals surface area contributed by atoms with E-state index < -0.39 is 165 Å². The minimum Gasteiger partial charge on any atom is -0.508 e. The Morgan fingerprint density at radius 3 is 1.97 bits per heavy atom. The lowest BCUT2D eigenvalue weighted by molar-refractivity contribution is -0.189. The summed E-state index contributed by atoms with van der Waals surface area (Å²) in [5.41, 5.74) is 2.35. The summed E-state index contributed by atoms with van der Waals surface area (Å²) in [5, 5.41) is 112. The van der Waals surface area contributed by atoms with E-state index in [1.54, 1.807) is 0 Å². The van der Waals surface area contributed by atoms with E-state index in [0.29, 0.717) is 28.7 Å². The molecule has 0 saturated carbocycles. The van der Waals surface area contributed by atoms with Crippen LogP contribution in [0.4, 0.5) is 0 Å². The molecule has 0 bridgehead atoms. The minimum atomic E-state index is -3.31. The standard InChI is InChI=1S/C51H84N8O16/c1-6-27(2)20-28(3)14-12-10-8-7-9-11-13-19-53-34-23-38(65)46(70)57-50(74)51(75)43(67)29(4)25-59(51)49(73)42(37(64)24-39(52)66)56-47(71)41(36(63)21-31-15-17-32(61)18-16-31)55-45(69)35-22-33(62)26-58(35)48(72)40(30(5)60)54-44(34)68/h15-18,27-30,33-38,40-43,46,53,60-65,67,70,75H,6-14,19-26H2,1-5H3,(H2,52,66)(H,54,68)(H,55,69)(H,56,71)(H,57,74)/t27?,28?,29-,30+,33+,34+,35-,36+,37+,38+,40-,41-,42-,43-,46+,51+/m0/s1. The number of aliphatic hydroxyl groups is 8. The van der Waals surface area contributed by atoms with E-state index >= 15 is 0 Å². The van der Waals surface area contributed by atoms with Crippen LogP contribution in [0.5, 0.6) is 5.75 Å². The zero-order chi connectivity index (χ0) is 55.9. The number of nitrogens with one attached hydrogen (secondary N) is 5. The van der Waals surface area contributed by atoms with Gasteiger partial charge in [-0.2, -0.15) is 0 Å². The molecule has 3 aliphatic heterocycles. The van der Waals surface area contributed by atoms with Gasteiger partial charge in [0, 0.05) is 38.3 Å². The van der Waals surface area contributed by atoms with E-state index in [0.717, 1.165) is 43.4 Å². The SMILES string of the molecule is CCC(C)CC(C)CCCCCCCCCN[C@@H]1C[C@@H](O)[C@@H](O)NC(=O)[C@]2(O)[C@@H](O)[C@@H](C)CN2C(=O)[C@H]([C@H](O)CC(N)=O)NC(=O)[C@H]([C@H](O)Cc2ccc(O)cc2)NC(=O)[C@@H]2C[C@@H](O)CN2C(=O)[C@H]([C@@H](C)O)NC1=O. The summed E-state index contributed by atoms with van der Waals surface area (Å²) < 4.78 is 0. The number of benzene rings is 1. The molecular formula is C51H84N8O16. The summed E-state index contributed by atoms with van der Waals surface area (Å²) in [6.07, 6.45) is -6.15. The molecule has 4 rings (SSSR count). The van der Waals surface area contributed by atoms with Gasteiger partial charge in [-0.3, -0.25) is 33.6 Å². The Hall–Kier alpha value is -5.05. The zero-order valence-electron chi connectivity index (χ0n) is 43.8. The van der Waals surface area contributed by atoms with Crippen LogP contribution in [0.3, 0.4) is 0 Å². The fourth-order valence-corrected chi connectivity index (χ4v) is 10.1. The Kier molecular flexibility index (Phi) is 24.1. The highest BCUT2D eigenvalue weighted by atomic mass is 16.4. The fourth-order valence-electron chi connectivity index (χ4n) is 10.1. The maximum atomic E-state index is 14.6. The zero-order valence-corrected chi connectivity index (χ0v) is 43.8. The number of phenolic OH excluding ortho intramolecular Hbond substituents is 1. The van der Waals surface area contributed by atoms with E-state index in [4.69, 9.17) is 5.73 Å². The van der Waals surface area contributed by atoms with Crippen LogP contribution in [0, 0.1) is 17.8 Å². The molecule has 1 aromatic carbocycles. The van der Waals surface area contributed by atoms with Gasteiger partial charge in [-0.05, 0) is 55.8 Å². The Morgan fingerprint density at radius 2 is 1.36 bits per heavy atom. The largest absolute Gasteiger partial charge is 0.508 e. The van der Waals surface area contributed by atoms with E-state index in [2.05, 4.69) is 42.0 Å². The van der Waals surface area contributed by atoms with Gasteiger partial charge >= 0.3 is 0 Å². The van der Waals surface area contributed by atoms with Gasteiger partial charge in [0.2, 0.25) is 35.3 Å². The first-order valence-electron chi connectivity index (χ1n) is 26.4. The smallest absolute Gasteiger partial charge is 0.278 e. The molecule has 24 heteroatoms. The number of hydrogen-bond donors (Lipinski definition) is 15. The number of phenols is 1. The number of hydrogen-bond acceptors (Lipinski definition) is 17. The van der Waals surface area contributed by atoms with E-state index in [9.17, 15) is 79.5 Å². The number of aliphatic hydroxyl groups excluding tert-OH is 7. The maximum Gasteiger partial charge on any atom is 0.278 e. The average molecular weight is 1070 g/mol. The van der Waals surface area contributed by atoms with Crippen LogP contribution in [0.25, 0.3) is 0 Å². The predicted molar refractivity (Wildman–Crippen MR) is 270 cm³/mol. The number of amides is 7. The Labute approximate surface area is 438 Å². The first kappa shape index (κ1) is 62.5. The van der Waals surface area contributed by atoms with Crippen molar-refractivity contribution in [1.82, 2.24) is 36.4 Å². The highest BCUT2D eigenvalue weighted by Gasteiger charge is 2.60. The quantitative estimate of drug-likeness (QED) is 0.0553. The number of nitrogens with two attached hydrogens (primary N) is 1. The molecule has 16 N–H and O–H groups in total. The lowest BCUT2D eigenvalue weighted by atomic mass is 9.91. The third kappa shape index (κ3) is 17.2. The third-order valence-electron chi connectivity index (χ3n) is 14.8. The summed E-state index contributed by atoms with van der Waals surface area (Å²) in [4.78, 5) is 99.2. The number of rotatable bonds is 21. The molecule has 0 aromatic heterocycles. The van der Waals surface area contributed by atoms with Gasteiger partial charge in [0.15, 0.2) is 6.23 Å². The lowest BCUT2D eigenvalue weighted by Crippen LogP contribution is -2.68. The second-order valence-electron chi connectivity index (χ2n) is 21.2. The fraction of sp³-hybridized carbons (Fsp3) is 0.745. The number of unbranched alkanes of at least 4 members (excludes halogenated alkanes) is 6. The van der Waals surface area contributed by atoms with E-state index in [-0.39, 0.29) is 12.3 Å². The van der Waals surface area contributed by atoms with Crippen molar-refractivity contribution in [3.05, 3.63) is 29.8 Å². The van der Waals surface area contributed by atoms with Crippen molar-refractivity contribution in [3.8, 4) is 5.75 Å². The van der Waals surface area contributed by atoms with E-state index in [1.807, 2.05) is 5.32 Å². The number of aromatic hydroxyl groups is 1. The molecule has 424 valence electrons. The topological polar surface area (TPSA) is 394 Å². The van der Waals surface area contributed by atoms with Gasteiger partial charge in [0.05, 0.1) is 36.9 Å². The highest BCUT2D eigenvalue weighted by Crippen LogP contribution is 2.34. The second-order valence-corrected chi connectivity index (χ2v) is 21.2. The predicted octanol–water partition coefficient (Wildman–Crippen LogP) is -2.79. The van der Waals surface area contributed by atoms with Crippen LogP contribution in [0.15, 0.2) is 24.3 Å². The second kappa shape index (κ2) is 28.9. The maximum absolute atomic E-state index is 14.6. The summed E-state index contributed by atoms with van der Waals surface area (Å²) in [5.74, 6) is -8.86. The molecule has 7 amide bonds. The highest BCUT2D eigenvalue weighted by molar-refractivity contribution is 5.98. The van der Waals surface area contributed by atoms with Crippen molar-refractivity contribution in [2.24, 2.45) is 23.5 Å². The molecule has 16 atom stereocenters. The van der Waals surface area contributed by atoms with Crippen molar-refractivity contribution in [2.75, 3.05) is 19.6 Å². The lowest BCUT2D eigenvalue weighted by Gasteiger charge is -2.38. The molecule has 75 heavy (non-hydrogen) atoms. The van der Waals surface area contributed by atoms with Crippen molar-refractivity contribution in [3.63, 3.8) is 0 Å². The normalized spacial score (nSPS) is 30.7. The van der Waals surface area contributed by atoms with E-state index in [1.165, 1.54) is 57.4 Å². The van der Waals surface area contributed by atoms with Crippen molar-refractivity contribution in [1.29, 1.82) is 0 Å². The van der Waals surface area contributed by atoms with Gasteiger partial charge in [0.25, 0.3) is 11.8 Å². The molecule has 3 saturated heterocycles. The monoisotopic (exact) mass is 1060 g/mol. The molecule has 0 radical (unpaired) electrons. The Balaban J connectivity index is 1.69. The van der Waals surface area contributed by atoms with Crippen molar-refractivity contribution in [2.45, 2.75) is 203 Å². The van der Waals surface area contributed by atoms with Crippen LogP contribution in [0.1, 0.15) is 124 Å². The summed E-state index contributed by atoms with van der Waals surface area (Å²) in [7, 11) is 0. The van der Waals surface area contributed by atoms with Gasteiger partial charge in [0.1, 0.15) is 42.1 Å². The van der Waals surface area contributed by atoms with Crippen LogP contribution >= 0.6 is 0 Å². The first-order valence-corrected chi connectivity index (χ1v) is 26.4. The Bertz CT molecular complexity index is 2070. The van der Waals surface area contributed by atoms with Crippen LogP contribution in [0.2, 0.25) is 0 Å². The number of carbonyl (C=O) groups is 7.